The van der Waals surface area contributed by atoms with Crippen LogP contribution in [-0.2, 0) is 10.0 Å². The van der Waals surface area contributed by atoms with Crippen LogP contribution in [0.3, 0.4) is 0 Å². The molecular weight excluding hydrogens is 254 g/mol. The summed E-state index contributed by atoms with van der Waals surface area (Å²) in [6, 6.07) is 5.89. The van der Waals surface area contributed by atoms with Crippen molar-refractivity contribution in [2.45, 2.75) is 24.2 Å². The van der Waals surface area contributed by atoms with Crippen molar-refractivity contribution in [3.05, 3.63) is 24.3 Å². The van der Waals surface area contributed by atoms with Crippen LogP contribution >= 0.6 is 0 Å². The zero-order valence-corrected chi connectivity index (χ0v) is 11.2. The van der Waals surface area contributed by atoms with Crippen molar-refractivity contribution >= 4 is 10.0 Å². The Hall–Kier alpha value is -1.11. The highest BCUT2D eigenvalue weighted by Gasteiger charge is 2.23. The third kappa shape index (κ3) is 3.69. The Morgan fingerprint density at radius 1 is 1.17 bits per heavy atom. The summed E-state index contributed by atoms with van der Waals surface area (Å²) in [7, 11) is -2.15. The Balaban J connectivity index is 2.72. The summed E-state index contributed by atoms with van der Waals surface area (Å²) in [6.45, 7) is 0.493. The zero-order chi connectivity index (χ0) is 13.6. The molecule has 0 aliphatic rings. The molecule has 0 atom stereocenters. The Labute approximate surface area is 108 Å². The van der Waals surface area contributed by atoms with Gasteiger partial charge in [0, 0.05) is 20.2 Å². The lowest BCUT2D eigenvalue weighted by Gasteiger charge is -2.17. The normalized spacial score (nSPS) is 11.9. The molecule has 0 spiro atoms. The van der Waals surface area contributed by atoms with Gasteiger partial charge in [0.1, 0.15) is 10.6 Å². The van der Waals surface area contributed by atoms with E-state index in [0.717, 1.165) is 6.42 Å². The molecule has 6 heteroatoms. The summed E-state index contributed by atoms with van der Waals surface area (Å²) < 4.78 is 25.5. The minimum absolute atomic E-state index is 0.0744. The van der Waals surface area contributed by atoms with Crippen LogP contribution in [0.25, 0.3) is 0 Å². The molecule has 0 heterocycles. The van der Waals surface area contributed by atoms with Gasteiger partial charge >= 0.3 is 0 Å². The fourth-order valence-electron chi connectivity index (χ4n) is 1.59. The second-order valence-electron chi connectivity index (χ2n) is 4.08. The third-order valence-electron chi connectivity index (χ3n) is 2.68. The number of aliphatic hydroxyl groups excluding tert-OH is 1. The second-order valence-corrected chi connectivity index (χ2v) is 6.09. The smallest absolute Gasteiger partial charge is 0.246 e. The van der Waals surface area contributed by atoms with E-state index in [2.05, 4.69) is 0 Å². The number of sulfonamides is 1. The van der Waals surface area contributed by atoms with E-state index in [4.69, 9.17) is 5.11 Å². The van der Waals surface area contributed by atoms with Crippen LogP contribution in [0, 0.1) is 0 Å². The molecule has 0 saturated heterocycles. The zero-order valence-electron chi connectivity index (χ0n) is 10.4. The van der Waals surface area contributed by atoms with E-state index in [1.54, 1.807) is 12.1 Å². The lowest BCUT2D eigenvalue weighted by Crippen LogP contribution is -2.28. The molecule has 0 radical (unpaired) electrons. The lowest BCUT2D eigenvalue weighted by molar-refractivity contribution is 0.281. The van der Waals surface area contributed by atoms with Gasteiger partial charge in [0.2, 0.25) is 10.0 Å². The number of aromatic hydroxyl groups is 1. The number of nitrogens with zero attached hydrogens (tertiary/aromatic N) is 1. The molecule has 0 aliphatic heterocycles. The second kappa shape index (κ2) is 6.72. The first-order valence-electron chi connectivity index (χ1n) is 5.85. The maximum atomic E-state index is 12.1. The summed E-state index contributed by atoms with van der Waals surface area (Å²) in [4.78, 5) is -0.0744. The molecule has 5 nitrogen and oxygen atoms in total. The fourth-order valence-corrected chi connectivity index (χ4v) is 2.87. The third-order valence-corrected chi connectivity index (χ3v) is 4.59. The monoisotopic (exact) mass is 273 g/mol. The first-order chi connectivity index (χ1) is 8.50. The standard InChI is InChI=1S/C12H19NO4S/c1-13(9-5-2-6-10-14)18(16,17)12-8-4-3-7-11(12)15/h3-4,7-8,14-15H,2,5-6,9-10H2,1H3. The number of aliphatic hydroxyl groups is 1. The molecule has 0 aromatic heterocycles. The minimum Gasteiger partial charge on any atom is -0.507 e. The average Bonchev–Trinajstić information content (AvgIpc) is 2.34. The highest BCUT2D eigenvalue weighted by molar-refractivity contribution is 7.89. The van der Waals surface area contributed by atoms with E-state index in [0.29, 0.717) is 19.4 Å². The summed E-state index contributed by atoms with van der Waals surface area (Å²) in [5.74, 6) is -0.236. The molecule has 0 aliphatic carbocycles. The summed E-state index contributed by atoms with van der Waals surface area (Å²) >= 11 is 0. The molecule has 1 rings (SSSR count). The predicted molar refractivity (Wildman–Crippen MR) is 68.9 cm³/mol. The largest absolute Gasteiger partial charge is 0.507 e. The van der Waals surface area contributed by atoms with Gasteiger partial charge in [-0.1, -0.05) is 12.1 Å². The Kier molecular flexibility index (Phi) is 5.58. The predicted octanol–water partition coefficient (Wildman–Crippen LogP) is 1.18. The minimum atomic E-state index is -3.64. The quantitative estimate of drug-likeness (QED) is 0.731. The van der Waals surface area contributed by atoms with E-state index < -0.39 is 10.0 Å². The number of phenols is 1. The maximum Gasteiger partial charge on any atom is 0.246 e. The molecule has 0 saturated carbocycles. The van der Waals surface area contributed by atoms with E-state index in [1.165, 1.54) is 23.5 Å². The molecule has 1 aromatic carbocycles. The van der Waals surface area contributed by atoms with Crippen LogP contribution in [0.5, 0.6) is 5.75 Å². The van der Waals surface area contributed by atoms with Crippen LogP contribution < -0.4 is 0 Å². The SMILES string of the molecule is CN(CCCCCO)S(=O)(=O)c1ccccc1O. The lowest BCUT2D eigenvalue weighted by atomic mass is 10.2. The topological polar surface area (TPSA) is 77.8 Å². The number of hydrogen-bond acceptors (Lipinski definition) is 4. The number of hydrogen-bond donors (Lipinski definition) is 2. The van der Waals surface area contributed by atoms with Crippen molar-refractivity contribution < 1.29 is 18.6 Å². The van der Waals surface area contributed by atoms with E-state index >= 15 is 0 Å². The Morgan fingerprint density at radius 3 is 2.44 bits per heavy atom. The first-order valence-corrected chi connectivity index (χ1v) is 7.29. The molecule has 0 unspecified atom stereocenters. The number of phenolic OH excluding ortho intramolecular Hbond substituents is 1. The summed E-state index contributed by atoms with van der Waals surface area (Å²) in [5, 5.41) is 18.2. The summed E-state index contributed by atoms with van der Waals surface area (Å²) in [6.07, 6.45) is 2.13. The molecular formula is C12H19NO4S. The first kappa shape index (κ1) is 14.9. The highest BCUT2D eigenvalue weighted by Crippen LogP contribution is 2.24. The Morgan fingerprint density at radius 2 is 1.83 bits per heavy atom. The van der Waals surface area contributed by atoms with Crippen molar-refractivity contribution in [3.63, 3.8) is 0 Å². The van der Waals surface area contributed by atoms with Crippen LogP contribution in [0.4, 0.5) is 0 Å². The molecule has 2 N–H and O–H groups in total. The fraction of sp³-hybridized carbons (Fsp3) is 0.500. The molecule has 102 valence electrons. The number of unbranched alkanes of at least 4 members (excludes halogenated alkanes) is 2. The molecule has 18 heavy (non-hydrogen) atoms. The van der Waals surface area contributed by atoms with Crippen molar-refractivity contribution in [3.8, 4) is 5.75 Å². The van der Waals surface area contributed by atoms with Crippen molar-refractivity contribution in [1.82, 2.24) is 4.31 Å². The van der Waals surface area contributed by atoms with E-state index in [9.17, 15) is 13.5 Å². The van der Waals surface area contributed by atoms with Crippen LogP contribution in [0.15, 0.2) is 29.2 Å². The number of para-hydroxylation sites is 1. The van der Waals surface area contributed by atoms with Gasteiger partial charge in [0.05, 0.1) is 0 Å². The van der Waals surface area contributed by atoms with Crippen molar-refractivity contribution in [1.29, 1.82) is 0 Å². The van der Waals surface area contributed by atoms with Gasteiger partial charge < -0.3 is 10.2 Å². The van der Waals surface area contributed by atoms with Crippen molar-refractivity contribution in [2.24, 2.45) is 0 Å². The van der Waals surface area contributed by atoms with Gasteiger partial charge in [-0.2, -0.15) is 0 Å². The van der Waals surface area contributed by atoms with E-state index in [-0.39, 0.29) is 17.3 Å². The number of rotatable bonds is 7. The summed E-state index contributed by atoms with van der Waals surface area (Å²) in [5.41, 5.74) is 0. The van der Waals surface area contributed by atoms with Crippen LogP contribution in [0.1, 0.15) is 19.3 Å². The van der Waals surface area contributed by atoms with Gasteiger partial charge in [-0.15, -0.1) is 0 Å². The van der Waals surface area contributed by atoms with E-state index in [1.807, 2.05) is 0 Å². The molecule has 0 fully saturated rings. The molecule has 0 bridgehead atoms. The van der Waals surface area contributed by atoms with Crippen LogP contribution in [-0.4, -0.2) is 43.1 Å². The molecule has 0 amide bonds. The van der Waals surface area contributed by atoms with Gasteiger partial charge in [0.25, 0.3) is 0 Å². The number of benzene rings is 1. The van der Waals surface area contributed by atoms with Gasteiger partial charge in [-0.3, -0.25) is 0 Å². The average molecular weight is 273 g/mol. The van der Waals surface area contributed by atoms with Gasteiger partial charge in [0.15, 0.2) is 0 Å². The van der Waals surface area contributed by atoms with Crippen LogP contribution in [0.2, 0.25) is 0 Å². The highest BCUT2D eigenvalue weighted by atomic mass is 32.2. The Bertz CT molecular complexity index is 473. The maximum absolute atomic E-state index is 12.1. The van der Waals surface area contributed by atoms with Gasteiger partial charge in [-0.25, -0.2) is 12.7 Å². The molecule has 1 aromatic rings. The van der Waals surface area contributed by atoms with Crippen molar-refractivity contribution in [2.75, 3.05) is 20.2 Å². The van der Waals surface area contributed by atoms with Gasteiger partial charge in [-0.05, 0) is 31.4 Å².